The van der Waals surface area contributed by atoms with Crippen molar-refractivity contribution in [3.63, 3.8) is 0 Å². The van der Waals surface area contributed by atoms with Crippen LogP contribution < -0.4 is 10.6 Å². The van der Waals surface area contributed by atoms with E-state index in [1.54, 1.807) is 36.2 Å². The molecule has 0 fully saturated rings. The van der Waals surface area contributed by atoms with Gasteiger partial charge in [-0.2, -0.15) is 5.10 Å². The topological polar surface area (TPSA) is 128 Å². The van der Waals surface area contributed by atoms with E-state index in [0.29, 0.717) is 42.9 Å². The Kier molecular flexibility index (Phi) is 9.03. The number of anilines is 1. The number of carbonyl (C=O) groups excluding carboxylic acids is 1. The smallest absolute Gasteiger partial charge is 0.221 e. The van der Waals surface area contributed by atoms with E-state index >= 15 is 0 Å². The first kappa shape index (κ1) is 24.9. The lowest BCUT2D eigenvalue weighted by Gasteiger charge is -2.10. The Bertz CT molecular complexity index is 1170. The monoisotopic (exact) mass is 492 g/mol. The molecule has 0 atom stereocenters. The van der Waals surface area contributed by atoms with Crippen molar-refractivity contribution in [1.82, 2.24) is 25.1 Å². The van der Waals surface area contributed by atoms with Crippen LogP contribution in [0, 0.1) is 0 Å². The summed E-state index contributed by atoms with van der Waals surface area (Å²) in [7, 11) is -1.85. The molecule has 0 aliphatic rings. The predicted octanol–water partition coefficient (Wildman–Crippen LogP) is 1.98. The Hall–Kier alpha value is -2.70. The number of aromatic nitrogens is 4. The van der Waals surface area contributed by atoms with Gasteiger partial charge in [-0.25, -0.2) is 23.1 Å². The summed E-state index contributed by atoms with van der Waals surface area (Å²) in [6, 6.07) is 8.13. The number of nitrogens with one attached hydrogen (secondary N) is 2. The van der Waals surface area contributed by atoms with Gasteiger partial charge in [0, 0.05) is 26.6 Å². The molecule has 12 heteroatoms. The van der Waals surface area contributed by atoms with E-state index < -0.39 is 9.84 Å². The number of fused-ring (bicyclic) bond motifs is 1. The largest absolute Gasteiger partial charge is 0.383 e. The molecule has 33 heavy (non-hydrogen) atoms. The molecule has 0 spiro atoms. The first-order valence-electron chi connectivity index (χ1n) is 10.6. The molecule has 2 N–H and O–H groups in total. The first-order valence-corrected chi connectivity index (χ1v) is 13.2. The molecule has 0 unspecified atom stereocenters. The lowest BCUT2D eigenvalue weighted by Crippen LogP contribution is -2.29. The van der Waals surface area contributed by atoms with E-state index in [0.717, 1.165) is 11.1 Å². The number of rotatable bonds is 13. The molecule has 1 aromatic carbocycles. The number of sulfone groups is 1. The van der Waals surface area contributed by atoms with Gasteiger partial charge in [0.25, 0.3) is 0 Å². The highest BCUT2D eigenvalue weighted by atomic mass is 32.2. The van der Waals surface area contributed by atoms with Crippen LogP contribution in [-0.2, 0) is 25.9 Å². The van der Waals surface area contributed by atoms with Crippen LogP contribution in [0.5, 0.6) is 0 Å². The van der Waals surface area contributed by atoms with Crippen molar-refractivity contribution in [1.29, 1.82) is 0 Å². The lowest BCUT2D eigenvalue weighted by atomic mass is 10.4. The quantitative estimate of drug-likeness (QED) is 0.209. The van der Waals surface area contributed by atoms with Crippen molar-refractivity contribution >= 4 is 44.4 Å². The highest BCUT2D eigenvalue weighted by Crippen LogP contribution is 2.24. The minimum atomic E-state index is -3.49. The highest BCUT2D eigenvalue weighted by Gasteiger charge is 2.16. The van der Waals surface area contributed by atoms with Gasteiger partial charge in [-0.1, -0.05) is 36.9 Å². The van der Waals surface area contributed by atoms with Crippen LogP contribution in [-0.4, -0.2) is 72.4 Å². The molecule has 0 bridgehead atoms. The van der Waals surface area contributed by atoms with Crippen molar-refractivity contribution < 1.29 is 17.9 Å². The molecule has 0 radical (unpaired) electrons. The third-order valence-electron chi connectivity index (χ3n) is 4.69. The fraction of sp³-hybridized carbons (Fsp3) is 0.429. The fourth-order valence-corrected chi connectivity index (χ4v) is 4.89. The molecule has 0 saturated carbocycles. The number of hydrogen-bond acceptors (Lipinski definition) is 9. The number of benzene rings is 1. The molecule has 0 aliphatic heterocycles. The third-order valence-corrected chi connectivity index (χ3v) is 7.16. The average molecular weight is 493 g/mol. The van der Waals surface area contributed by atoms with Gasteiger partial charge in [0.15, 0.2) is 20.6 Å². The third kappa shape index (κ3) is 6.89. The number of amides is 1. The molecule has 2 aromatic heterocycles. The zero-order valence-corrected chi connectivity index (χ0v) is 20.3. The van der Waals surface area contributed by atoms with E-state index in [-0.39, 0.29) is 23.0 Å². The maximum Gasteiger partial charge on any atom is 0.221 e. The van der Waals surface area contributed by atoms with Crippen LogP contribution in [0.1, 0.15) is 13.3 Å². The molecule has 178 valence electrons. The maximum atomic E-state index is 12.3. The fourth-order valence-electron chi connectivity index (χ4n) is 3.06. The van der Waals surface area contributed by atoms with Gasteiger partial charge in [0.2, 0.25) is 5.91 Å². The Morgan fingerprint density at radius 3 is 2.70 bits per heavy atom. The van der Waals surface area contributed by atoms with Crippen LogP contribution in [0.15, 0.2) is 46.6 Å². The minimum absolute atomic E-state index is 0.107. The normalized spacial score (nSPS) is 11.6. The number of ether oxygens (including phenoxy) is 1. The van der Waals surface area contributed by atoms with Crippen molar-refractivity contribution in [2.75, 3.05) is 43.6 Å². The second kappa shape index (κ2) is 12.0. The summed E-state index contributed by atoms with van der Waals surface area (Å²) >= 11 is 1.53. The van der Waals surface area contributed by atoms with Crippen molar-refractivity contribution in [3.05, 3.63) is 36.5 Å². The van der Waals surface area contributed by atoms with Gasteiger partial charge >= 0.3 is 0 Å². The standard InChI is InChI=1S/C21H28N6O4S2/c1-3-32-21-25-19(23-11-13-31-2)17-15-24-27(20(17)26-21)12-10-22-18(28)9-14-33(29,30)16-7-5-4-6-8-16/h4-8,15H,3,9-14H2,1-2H3,(H,22,28)(H,23,25,26). The van der Waals surface area contributed by atoms with Gasteiger partial charge in [0.05, 0.1) is 35.4 Å². The molecule has 0 aliphatic carbocycles. The second-order valence-electron chi connectivity index (χ2n) is 7.04. The predicted molar refractivity (Wildman–Crippen MR) is 128 cm³/mol. The molecule has 3 rings (SSSR count). The van der Waals surface area contributed by atoms with Crippen LogP contribution in [0.3, 0.4) is 0 Å². The van der Waals surface area contributed by atoms with Crippen molar-refractivity contribution in [3.8, 4) is 0 Å². The summed E-state index contributed by atoms with van der Waals surface area (Å²) in [4.78, 5) is 21.6. The molecular weight excluding hydrogens is 464 g/mol. The van der Waals surface area contributed by atoms with Gasteiger partial charge in [-0.05, 0) is 17.9 Å². The van der Waals surface area contributed by atoms with Crippen molar-refractivity contribution in [2.24, 2.45) is 0 Å². The molecular formula is C21H28N6O4S2. The molecule has 2 heterocycles. The summed E-state index contributed by atoms with van der Waals surface area (Å²) in [5.74, 6) is 0.952. The number of methoxy groups -OCH3 is 1. The Morgan fingerprint density at radius 2 is 1.97 bits per heavy atom. The SMILES string of the molecule is CCSc1nc(NCCOC)c2cnn(CCNC(=O)CCS(=O)(=O)c3ccccc3)c2n1. The van der Waals surface area contributed by atoms with Gasteiger partial charge in [0.1, 0.15) is 5.82 Å². The maximum absolute atomic E-state index is 12.3. The number of carbonyl (C=O) groups is 1. The van der Waals surface area contributed by atoms with Gasteiger partial charge in [-0.15, -0.1) is 0 Å². The van der Waals surface area contributed by atoms with Crippen molar-refractivity contribution in [2.45, 2.75) is 29.9 Å². The Morgan fingerprint density at radius 1 is 1.18 bits per heavy atom. The van der Waals surface area contributed by atoms with E-state index in [4.69, 9.17) is 4.74 Å². The summed E-state index contributed by atoms with van der Waals surface area (Å²) in [5, 5.41) is 11.8. The van der Waals surface area contributed by atoms with E-state index in [1.165, 1.54) is 23.9 Å². The zero-order valence-electron chi connectivity index (χ0n) is 18.7. The zero-order chi connectivity index (χ0) is 23.7. The summed E-state index contributed by atoms with van der Waals surface area (Å²) in [6.07, 6.45) is 1.59. The van der Waals surface area contributed by atoms with E-state index in [2.05, 4.69) is 25.7 Å². The van der Waals surface area contributed by atoms with Gasteiger partial charge < -0.3 is 15.4 Å². The number of thioether (sulfide) groups is 1. The number of nitrogens with zero attached hydrogens (tertiary/aromatic N) is 4. The first-order chi connectivity index (χ1) is 15.9. The van der Waals surface area contributed by atoms with Gasteiger partial charge in [-0.3, -0.25) is 4.79 Å². The molecule has 1 amide bonds. The Balaban J connectivity index is 1.59. The van der Waals surface area contributed by atoms with Crippen LogP contribution in [0.2, 0.25) is 0 Å². The summed E-state index contributed by atoms with van der Waals surface area (Å²) < 4.78 is 31.5. The Labute approximate surface area is 197 Å². The number of hydrogen-bond donors (Lipinski definition) is 2. The molecule has 0 saturated heterocycles. The molecule has 10 nitrogen and oxygen atoms in total. The second-order valence-corrected chi connectivity index (χ2v) is 10.4. The van der Waals surface area contributed by atoms with Crippen LogP contribution in [0.25, 0.3) is 11.0 Å². The minimum Gasteiger partial charge on any atom is -0.383 e. The summed E-state index contributed by atoms with van der Waals surface area (Å²) in [6.45, 7) is 3.87. The van der Waals surface area contributed by atoms with E-state index in [1.807, 2.05) is 6.92 Å². The lowest BCUT2D eigenvalue weighted by molar-refractivity contribution is -0.120. The van der Waals surface area contributed by atoms with Crippen LogP contribution >= 0.6 is 11.8 Å². The average Bonchev–Trinajstić information content (AvgIpc) is 3.22. The highest BCUT2D eigenvalue weighted by molar-refractivity contribution is 7.99. The summed E-state index contributed by atoms with van der Waals surface area (Å²) in [5.41, 5.74) is 0.668. The van der Waals surface area contributed by atoms with E-state index in [9.17, 15) is 13.2 Å². The van der Waals surface area contributed by atoms with Crippen LogP contribution in [0.4, 0.5) is 5.82 Å². The molecule has 3 aromatic rings.